The number of nitrogens with zero attached hydrogens (tertiary/aromatic N) is 4. The number of rotatable bonds is 5. The molecule has 0 bridgehead atoms. The van der Waals surface area contributed by atoms with E-state index in [4.69, 9.17) is 0 Å². The lowest BCUT2D eigenvalue weighted by Crippen LogP contribution is -2.44. The second-order valence-corrected chi connectivity index (χ2v) is 7.06. The van der Waals surface area contributed by atoms with E-state index in [9.17, 15) is 4.79 Å². The van der Waals surface area contributed by atoms with Crippen molar-refractivity contribution in [2.75, 3.05) is 44.7 Å². The number of piperazine rings is 1. The van der Waals surface area contributed by atoms with Gasteiger partial charge < -0.3 is 19.5 Å². The summed E-state index contributed by atoms with van der Waals surface area (Å²) in [5.41, 5.74) is 2.91. The van der Waals surface area contributed by atoms with Gasteiger partial charge in [-0.05, 0) is 49.4 Å². The number of anilines is 1. The quantitative estimate of drug-likeness (QED) is 0.754. The summed E-state index contributed by atoms with van der Waals surface area (Å²) in [6.45, 7) is 4.72. The van der Waals surface area contributed by atoms with E-state index in [0.29, 0.717) is 12.1 Å². The van der Waals surface area contributed by atoms with E-state index in [-0.39, 0.29) is 5.91 Å². The Labute approximate surface area is 159 Å². The number of hydrogen-bond donors (Lipinski definition) is 1. The normalized spacial score (nSPS) is 15.2. The fraction of sp³-hybridized carbons (Fsp3) is 0.333. The first-order chi connectivity index (χ1) is 13.2. The van der Waals surface area contributed by atoms with Crippen molar-refractivity contribution in [2.24, 2.45) is 0 Å². The first-order valence-electron chi connectivity index (χ1n) is 9.42. The number of pyridine rings is 2. The Bertz CT molecular complexity index is 913. The molecule has 0 saturated carbocycles. The smallest absolute Gasteiger partial charge is 0.252 e. The highest BCUT2D eigenvalue weighted by Gasteiger charge is 2.17. The molecule has 6 heteroatoms. The third-order valence-corrected chi connectivity index (χ3v) is 5.14. The van der Waals surface area contributed by atoms with Crippen LogP contribution in [0, 0.1) is 0 Å². The lowest BCUT2D eigenvalue weighted by Gasteiger charge is -2.33. The highest BCUT2D eigenvalue weighted by atomic mass is 16.1. The molecular weight excluding hydrogens is 338 g/mol. The third kappa shape index (κ3) is 3.95. The van der Waals surface area contributed by atoms with Gasteiger partial charge in [-0.3, -0.25) is 9.78 Å². The maximum absolute atomic E-state index is 12.6. The molecule has 0 radical (unpaired) electrons. The second-order valence-electron chi connectivity index (χ2n) is 7.06. The van der Waals surface area contributed by atoms with Gasteiger partial charge in [-0.15, -0.1) is 0 Å². The van der Waals surface area contributed by atoms with Crippen LogP contribution in [0.1, 0.15) is 15.9 Å². The van der Waals surface area contributed by atoms with Gasteiger partial charge in [-0.1, -0.05) is 6.07 Å². The van der Waals surface area contributed by atoms with Gasteiger partial charge >= 0.3 is 0 Å². The van der Waals surface area contributed by atoms with Crippen LogP contribution in [0.25, 0.3) is 5.52 Å². The zero-order chi connectivity index (χ0) is 18.6. The van der Waals surface area contributed by atoms with Crippen molar-refractivity contribution in [1.29, 1.82) is 0 Å². The maximum Gasteiger partial charge on any atom is 0.252 e. The molecule has 140 valence electrons. The number of likely N-dealkylation sites (N-methyl/N-ethyl adjacent to an activating group) is 1. The van der Waals surface area contributed by atoms with Crippen LogP contribution in [0.3, 0.4) is 0 Å². The molecular formula is C21H25N5O. The standard InChI is InChI=1S/C21H25N5O/c1-24-11-13-25(14-12-24)20-7-6-19-5-4-18(16-26(19)20)21(27)23-10-8-17-3-2-9-22-15-17/h2-7,9,15-16H,8,10-14H2,1H3,(H,23,27). The predicted molar refractivity (Wildman–Crippen MR) is 107 cm³/mol. The lowest BCUT2D eigenvalue weighted by molar-refractivity contribution is 0.0953. The van der Waals surface area contributed by atoms with Crippen molar-refractivity contribution in [2.45, 2.75) is 6.42 Å². The van der Waals surface area contributed by atoms with Crippen LogP contribution in [-0.4, -0.2) is 60.0 Å². The molecule has 4 rings (SSSR count). The highest BCUT2D eigenvalue weighted by Crippen LogP contribution is 2.21. The molecule has 1 N–H and O–H groups in total. The molecule has 0 unspecified atom stereocenters. The first kappa shape index (κ1) is 17.5. The molecule has 0 atom stereocenters. The topological polar surface area (TPSA) is 52.9 Å². The highest BCUT2D eigenvalue weighted by molar-refractivity contribution is 5.94. The molecule has 0 aromatic carbocycles. The van der Waals surface area contributed by atoms with Crippen LogP contribution in [0.4, 0.5) is 5.82 Å². The van der Waals surface area contributed by atoms with Crippen LogP contribution in [0.5, 0.6) is 0 Å². The summed E-state index contributed by atoms with van der Waals surface area (Å²) >= 11 is 0. The molecule has 1 aliphatic heterocycles. The summed E-state index contributed by atoms with van der Waals surface area (Å²) in [6, 6.07) is 12.1. The average molecular weight is 363 g/mol. The molecule has 1 saturated heterocycles. The van der Waals surface area contributed by atoms with Gasteiger partial charge in [-0.25, -0.2) is 0 Å². The SMILES string of the molecule is CN1CCN(c2ccc3ccc(C(=O)NCCc4cccnc4)cn23)CC1. The molecule has 3 aromatic heterocycles. The lowest BCUT2D eigenvalue weighted by atomic mass is 10.2. The molecule has 1 fully saturated rings. The monoisotopic (exact) mass is 363 g/mol. The van der Waals surface area contributed by atoms with Gasteiger partial charge in [0.15, 0.2) is 0 Å². The van der Waals surface area contributed by atoms with Gasteiger partial charge in [-0.2, -0.15) is 0 Å². The zero-order valence-corrected chi connectivity index (χ0v) is 15.6. The van der Waals surface area contributed by atoms with E-state index < -0.39 is 0 Å². The van der Waals surface area contributed by atoms with E-state index in [0.717, 1.165) is 49.5 Å². The van der Waals surface area contributed by atoms with Crippen LogP contribution in [-0.2, 0) is 6.42 Å². The Morgan fingerprint density at radius 2 is 1.93 bits per heavy atom. The summed E-state index contributed by atoms with van der Waals surface area (Å²) in [4.78, 5) is 21.4. The molecule has 3 aromatic rings. The fourth-order valence-corrected chi connectivity index (χ4v) is 3.48. The van der Waals surface area contributed by atoms with Gasteiger partial charge in [0.2, 0.25) is 0 Å². The summed E-state index contributed by atoms with van der Waals surface area (Å²) in [7, 11) is 2.15. The summed E-state index contributed by atoms with van der Waals surface area (Å²) in [5, 5.41) is 3.01. The summed E-state index contributed by atoms with van der Waals surface area (Å²) < 4.78 is 2.13. The molecule has 6 nitrogen and oxygen atoms in total. The number of aromatic nitrogens is 2. The molecule has 27 heavy (non-hydrogen) atoms. The Balaban J connectivity index is 1.45. The van der Waals surface area contributed by atoms with Crippen LogP contribution < -0.4 is 10.2 Å². The second kappa shape index (κ2) is 7.80. The Morgan fingerprint density at radius 3 is 2.70 bits per heavy atom. The summed E-state index contributed by atoms with van der Waals surface area (Å²) in [5.74, 6) is 1.11. The molecule has 0 spiro atoms. The molecule has 4 heterocycles. The molecule has 0 aliphatic carbocycles. The van der Waals surface area contributed by atoms with E-state index >= 15 is 0 Å². The van der Waals surface area contributed by atoms with Gasteiger partial charge in [0.1, 0.15) is 5.82 Å². The van der Waals surface area contributed by atoms with Crippen LogP contribution in [0.2, 0.25) is 0 Å². The van der Waals surface area contributed by atoms with Crippen LogP contribution in [0.15, 0.2) is 55.0 Å². The van der Waals surface area contributed by atoms with E-state index in [1.165, 1.54) is 0 Å². The minimum absolute atomic E-state index is 0.0428. The van der Waals surface area contributed by atoms with Crippen molar-refractivity contribution in [3.63, 3.8) is 0 Å². The molecule has 1 amide bonds. The number of hydrogen-bond acceptors (Lipinski definition) is 4. The Morgan fingerprint density at radius 1 is 1.11 bits per heavy atom. The van der Waals surface area contributed by atoms with Crippen molar-refractivity contribution in [3.05, 3.63) is 66.1 Å². The number of carbonyl (C=O) groups is 1. The van der Waals surface area contributed by atoms with Crippen LogP contribution >= 0.6 is 0 Å². The number of fused-ring (bicyclic) bond motifs is 1. The largest absolute Gasteiger partial charge is 0.355 e. The van der Waals surface area contributed by atoms with Crippen molar-refractivity contribution in [1.82, 2.24) is 19.6 Å². The number of carbonyl (C=O) groups excluding carboxylic acids is 1. The van der Waals surface area contributed by atoms with Crippen molar-refractivity contribution >= 4 is 17.2 Å². The van der Waals surface area contributed by atoms with E-state index in [1.54, 1.807) is 6.20 Å². The van der Waals surface area contributed by atoms with Gasteiger partial charge in [0.25, 0.3) is 5.91 Å². The zero-order valence-electron chi connectivity index (χ0n) is 15.6. The predicted octanol–water partition coefficient (Wildman–Crippen LogP) is 2.06. The van der Waals surface area contributed by atoms with E-state index in [2.05, 4.69) is 43.7 Å². The Kier molecular flexibility index (Phi) is 5.07. The maximum atomic E-state index is 12.6. The minimum atomic E-state index is -0.0428. The Hall–Kier alpha value is -2.86. The van der Waals surface area contributed by atoms with E-state index in [1.807, 2.05) is 36.7 Å². The first-order valence-corrected chi connectivity index (χ1v) is 9.42. The molecule has 1 aliphatic rings. The van der Waals surface area contributed by atoms with Crippen molar-refractivity contribution in [3.8, 4) is 0 Å². The van der Waals surface area contributed by atoms with Crippen molar-refractivity contribution < 1.29 is 4.79 Å². The number of nitrogens with one attached hydrogen (secondary N) is 1. The van der Waals surface area contributed by atoms with Gasteiger partial charge in [0.05, 0.1) is 5.56 Å². The minimum Gasteiger partial charge on any atom is -0.355 e. The third-order valence-electron chi connectivity index (χ3n) is 5.14. The summed E-state index contributed by atoms with van der Waals surface area (Å²) in [6.07, 6.45) is 6.31. The average Bonchev–Trinajstić information content (AvgIpc) is 3.12. The fourth-order valence-electron chi connectivity index (χ4n) is 3.48. The number of amides is 1. The van der Waals surface area contributed by atoms with Gasteiger partial charge in [0, 0.05) is 56.8 Å².